The van der Waals surface area contributed by atoms with Crippen molar-refractivity contribution in [1.82, 2.24) is 19.3 Å². The van der Waals surface area contributed by atoms with Gasteiger partial charge in [0.25, 0.3) is 0 Å². The van der Waals surface area contributed by atoms with Gasteiger partial charge in [-0.25, -0.2) is 23.4 Å². The van der Waals surface area contributed by atoms with Crippen LogP contribution in [0.15, 0.2) is 65.7 Å². The Morgan fingerprint density at radius 3 is 2.48 bits per heavy atom. The number of aromatic nitrogens is 3. The van der Waals surface area contributed by atoms with Gasteiger partial charge >= 0.3 is 0 Å². The van der Waals surface area contributed by atoms with Crippen molar-refractivity contribution in [3.63, 3.8) is 0 Å². The normalized spacial score (nSPS) is 17.4. The van der Waals surface area contributed by atoms with Crippen molar-refractivity contribution < 1.29 is 17.9 Å². The Morgan fingerprint density at radius 1 is 1.02 bits per heavy atom. The number of piperazine rings is 1. The first-order chi connectivity index (χ1) is 20.4. The van der Waals surface area contributed by atoms with E-state index >= 15 is 0 Å². The SMILES string of the molecule is COc1ccc2nc(NC(=O)C(CC3CCCC3)c3ccc(S(=O)(=O)N4CCN(c5ccccn5)CC4)cc3)sc2n1. The Bertz CT molecular complexity index is 1630. The standard InChI is InChI=1S/C30H34N6O4S2/c1-40-27-14-13-25-29(33-27)41-30(32-25)34-28(37)24(20-21-6-2-3-7-21)22-9-11-23(12-10-22)42(38,39)36-18-16-35(17-19-36)26-8-4-5-15-31-26/h4-5,8-15,21,24H,2-3,6-7,16-20H2,1H3,(H,32,34,37). The van der Waals surface area contributed by atoms with Crippen molar-refractivity contribution in [1.29, 1.82) is 0 Å². The maximum Gasteiger partial charge on any atom is 0.243 e. The fourth-order valence-corrected chi connectivity index (χ4v) is 8.11. The summed E-state index contributed by atoms with van der Waals surface area (Å²) in [6.07, 6.45) is 7.01. The van der Waals surface area contributed by atoms with Gasteiger partial charge in [-0.1, -0.05) is 55.2 Å². The number of thiazole rings is 1. The molecule has 1 amide bonds. The zero-order chi connectivity index (χ0) is 29.1. The van der Waals surface area contributed by atoms with E-state index in [0.717, 1.165) is 24.2 Å². The van der Waals surface area contributed by atoms with Gasteiger partial charge in [-0.3, -0.25) is 4.79 Å². The van der Waals surface area contributed by atoms with Gasteiger partial charge in [0, 0.05) is 38.4 Å². The van der Waals surface area contributed by atoms with E-state index < -0.39 is 15.9 Å². The number of carbonyl (C=O) groups excluding carboxylic acids is 1. The molecular formula is C30H34N6O4S2. The Morgan fingerprint density at radius 2 is 1.79 bits per heavy atom. The van der Waals surface area contributed by atoms with Crippen LogP contribution in [0.2, 0.25) is 0 Å². The van der Waals surface area contributed by atoms with Crippen molar-refractivity contribution in [2.45, 2.75) is 42.9 Å². The van der Waals surface area contributed by atoms with Gasteiger partial charge in [-0.15, -0.1) is 0 Å². The summed E-state index contributed by atoms with van der Waals surface area (Å²) < 4.78 is 33.7. The maximum atomic E-state index is 13.7. The molecule has 4 heterocycles. The number of amides is 1. The second-order valence-corrected chi connectivity index (χ2v) is 13.7. The number of carbonyl (C=O) groups is 1. The number of anilines is 2. The zero-order valence-corrected chi connectivity index (χ0v) is 25.1. The van der Waals surface area contributed by atoms with Crippen molar-refractivity contribution in [3.8, 4) is 5.88 Å². The quantitative estimate of drug-likeness (QED) is 0.286. The molecule has 3 aromatic heterocycles. The second kappa shape index (κ2) is 12.3. The first kappa shape index (κ1) is 28.5. The van der Waals surface area contributed by atoms with Crippen molar-refractivity contribution in [2.75, 3.05) is 43.5 Å². The number of nitrogens with one attached hydrogen (secondary N) is 1. The molecule has 1 aromatic carbocycles. The lowest BCUT2D eigenvalue weighted by molar-refractivity contribution is -0.118. The van der Waals surface area contributed by atoms with Crippen LogP contribution in [0, 0.1) is 5.92 Å². The highest BCUT2D eigenvalue weighted by Crippen LogP contribution is 2.36. The van der Waals surface area contributed by atoms with E-state index in [9.17, 15) is 13.2 Å². The van der Waals surface area contributed by atoms with Crippen molar-refractivity contribution >= 4 is 48.6 Å². The maximum absolute atomic E-state index is 13.7. The van der Waals surface area contributed by atoms with E-state index in [1.165, 1.54) is 28.5 Å². The molecular weight excluding hydrogens is 573 g/mol. The Balaban J connectivity index is 1.17. The molecule has 2 fully saturated rings. The van der Waals surface area contributed by atoms with Gasteiger partial charge in [-0.2, -0.15) is 4.31 Å². The minimum Gasteiger partial charge on any atom is -0.481 e. The first-order valence-electron chi connectivity index (χ1n) is 14.3. The third kappa shape index (κ3) is 6.11. The summed E-state index contributed by atoms with van der Waals surface area (Å²) in [5.41, 5.74) is 1.50. The Labute approximate surface area is 249 Å². The molecule has 1 aliphatic heterocycles. The predicted octanol–water partition coefficient (Wildman–Crippen LogP) is 4.91. The highest BCUT2D eigenvalue weighted by Gasteiger charge is 2.31. The fraction of sp³-hybridized carbons (Fsp3) is 0.400. The molecule has 0 spiro atoms. The molecule has 6 rings (SSSR count). The van der Waals surface area contributed by atoms with Crippen LogP contribution < -0.4 is 15.0 Å². The number of hydrogen-bond acceptors (Lipinski definition) is 9. The molecule has 42 heavy (non-hydrogen) atoms. The molecule has 0 radical (unpaired) electrons. The lowest BCUT2D eigenvalue weighted by Crippen LogP contribution is -2.48. The third-order valence-electron chi connectivity index (χ3n) is 8.16. The number of methoxy groups -OCH3 is 1. The Kier molecular flexibility index (Phi) is 8.36. The van der Waals surface area contributed by atoms with Crippen molar-refractivity contribution in [2.24, 2.45) is 5.92 Å². The molecule has 220 valence electrons. The first-order valence-corrected chi connectivity index (χ1v) is 16.5. The minimum absolute atomic E-state index is 0.144. The topological polar surface area (TPSA) is 118 Å². The second-order valence-electron chi connectivity index (χ2n) is 10.8. The lowest BCUT2D eigenvalue weighted by Gasteiger charge is -2.34. The minimum atomic E-state index is -3.66. The monoisotopic (exact) mass is 606 g/mol. The number of pyridine rings is 2. The molecule has 10 nitrogen and oxygen atoms in total. The van der Waals surface area contributed by atoms with E-state index in [1.54, 1.807) is 43.6 Å². The van der Waals surface area contributed by atoms with E-state index in [2.05, 4.69) is 25.2 Å². The summed E-state index contributed by atoms with van der Waals surface area (Å²) in [7, 11) is -2.10. The lowest BCUT2D eigenvalue weighted by atomic mass is 9.87. The molecule has 1 atom stereocenters. The predicted molar refractivity (Wildman–Crippen MR) is 164 cm³/mol. The molecule has 1 unspecified atom stereocenters. The van der Waals surface area contributed by atoms with Crippen LogP contribution in [0.3, 0.4) is 0 Å². The van der Waals surface area contributed by atoms with Crippen LogP contribution >= 0.6 is 11.3 Å². The van der Waals surface area contributed by atoms with Gasteiger partial charge < -0.3 is 15.0 Å². The van der Waals surface area contributed by atoms with Crippen molar-refractivity contribution in [3.05, 3.63) is 66.4 Å². The molecule has 2 aliphatic rings. The van der Waals surface area contributed by atoms with Gasteiger partial charge in [0.15, 0.2) is 5.13 Å². The van der Waals surface area contributed by atoms with Gasteiger partial charge in [0.05, 0.1) is 17.9 Å². The fourth-order valence-electron chi connectivity index (χ4n) is 5.85. The zero-order valence-electron chi connectivity index (χ0n) is 23.5. The highest BCUT2D eigenvalue weighted by molar-refractivity contribution is 7.89. The highest BCUT2D eigenvalue weighted by atomic mass is 32.2. The number of hydrogen-bond donors (Lipinski definition) is 1. The number of ether oxygens (including phenoxy) is 1. The molecule has 4 aromatic rings. The number of sulfonamides is 1. The van der Waals surface area contributed by atoms with Crippen LogP contribution in [0.5, 0.6) is 5.88 Å². The van der Waals surface area contributed by atoms with E-state index in [-0.39, 0.29) is 10.8 Å². The van der Waals surface area contributed by atoms with Gasteiger partial charge in [0.2, 0.25) is 21.8 Å². The number of fused-ring (bicyclic) bond motifs is 1. The molecule has 0 bridgehead atoms. The average Bonchev–Trinajstić information content (AvgIpc) is 3.69. The summed E-state index contributed by atoms with van der Waals surface area (Å²) in [4.78, 5) is 30.0. The van der Waals surface area contributed by atoms with E-state index in [1.807, 2.05) is 24.3 Å². The Hall–Kier alpha value is -3.61. The van der Waals surface area contributed by atoms with Crippen LogP contribution in [0.1, 0.15) is 43.6 Å². The molecule has 1 aliphatic carbocycles. The summed E-state index contributed by atoms with van der Waals surface area (Å²) in [6, 6.07) is 16.2. The average molecular weight is 607 g/mol. The molecule has 1 saturated heterocycles. The third-order valence-corrected chi connectivity index (χ3v) is 11.0. The van der Waals surface area contributed by atoms with Crippen LogP contribution in [-0.2, 0) is 14.8 Å². The number of rotatable bonds is 9. The smallest absolute Gasteiger partial charge is 0.243 e. The summed E-state index contributed by atoms with van der Waals surface area (Å²) >= 11 is 1.30. The van der Waals surface area contributed by atoms with E-state index in [0.29, 0.717) is 59.9 Å². The molecule has 1 saturated carbocycles. The van der Waals surface area contributed by atoms with Crippen LogP contribution in [0.4, 0.5) is 10.9 Å². The largest absolute Gasteiger partial charge is 0.481 e. The summed E-state index contributed by atoms with van der Waals surface area (Å²) in [5.74, 6) is 1.25. The van der Waals surface area contributed by atoms with Gasteiger partial charge in [-0.05, 0) is 48.2 Å². The van der Waals surface area contributed by atoms with Gasteiger partial charge in [0.1, 0.15) is 16.2 Å². The number of nitrogens with zero attached hydrogens (tertiary/aromatic N) is 5. The van der Waals surface area contributed by atoms with E-state index in [4.69, 9.17) is 4.74 Å². The van der Waals surface area contributed by atoms with Crippen LogP contribution in [-0.4, -0.2) is 66.9 Å². The number of benzene rings is 1. The molecule has 1 N–H and O–H groups in total. The molecule has 12 heteroatoms. The summed E-state index contributed by atoms with van der Waals surface area (Å²) in [5, 5.41) is 3.49. The van der Waals surface area contributed by atoms with Crippen LogP contribution in [0.25, 0.3) is 10.3 Å². The summed E-state index contributed by atoms with van der Waals surface area (Å²) in [6.45, 7) is 1.92.